The standard InChI is InChI=1S/C49H90NO2/c1-8-11-13-15-17-19-20-21-22-23-24-25-27-29-34-39-47-48(52-49(5,51-47)43-44-50(6)7)40-35-31-30-33-38-46(42-41-45(4)36-10-3)37-32-28-26-18-16-14-12-9-2/h17-19,21-22,26,32,37,46-48H,8-16,20,23-25,27-31,33-36,38-44H2,1-7H3/q-1/b19-17-,22-21-,26-18-,37-32-. The predicted octanol–water partition coefficient (Wildman–Crippen LogP) is 15.5. The van der Waals surface area contributed by atoms with Crippen LogP contribution in [0, 0.1) is 11.8 Å². The fourth-order valence-corrected chi connectivity index (χ4v) is 7.51. The average molecular weight is 725 g/mol. The summed E-state index contributed by atoms with van der Waals surface area (Å²) < 4.78 is 13.4. The van der Waals surface area contributed by atoms with E-state index in [-0.39, 0.29) is 12.2 Å². The zero-order chi connectivity index (χ0) is 38.0. The van der Waals surface area contributed by atoms with E-state index >= 15 is 0 Å². The van der Waals surface area contributed by atoms with E-state index in [0.29, 0.717) is 0 Å². The van der Waals surface area contributed by atoms with Crippen LogP contribution in [-0.4, -0.2) is 43.5 Å². The molecule has 3 nitrogen and oxygen atoms in total. The first-order valence-electron chi connectivity index (χ1n) is 22.8. The van der Waals surface area contributed by atoms with Crippen LogP contribution in [0.15, 0.2) is 48.6 Å². The van der Waals surface area contributed by atoms with Crippen molar-refractivity contribution in [2.24, 2.45) is 5.92 Å². The van der Waals surface area contributed by atoms with E-state index in [1.807, 2.05) is 0 Å². The molecule has 4 unspecified atom stereocenters. The highest BCUT2D eigenvalue weighted by Crippen LogP contribution is 2.36. The fraction of sp³-hybridized carbons (Fsp3) is 0.816. The van der Waals surface area contributed by atoms with Crippen molar-refractivity contribution in [2.45, 2.75) is 232 Å². The first kappa shape index (κ1) is 48.9. The van der Waals surface area contributed by atoms with Crippen molar-refractivity contribution in [1.29, 1.82) is 0 Å². The number of rotatable bonds is 36. The largest absolute Gasteiger partial charge is 0.344 e. The highest BCUT2D eigenvalue weighted by Gasteiger charge is 2.43. The van der Waals surface area contributed by atoms with Gasteiger partial charge in [0.05, 0.1) is 12.2 Å². The van der Waals surface area contributed by atoms with Crippen LogP contribution in [-0.2, 0) is 9.47 Å². The molecule has 1 aliphatic rings. The van der Waals surface area contributed by atoms with Gasteiger partial charge in [0.15, 0.2) is 5.79 Å². The maximum atomic E-state index is 6.72. The first-order chi connectivity index (χ1) is 25.3. The van der Waals surface area contributed by atoms with E-state index in [1.165, 1.54) is 148 Å². The second-order valence-corrected chi connectivity index (χ2v) is 16.6. The fourth-order valence-electron chi connectivity index (χ4n) is 7.51. The molecule has 1 fully saturated rings. The summed E-state index contributed by atoms with van der Waals surface area (Å²) in [7, 11) is 4.29. The normalized spacial score (nSPS) is 20.4. The van der Waals surface area contributed by atoms with Gasteiger partial charge >= 0.3 is 0 Å². The van der Waals surface area contributed by atoms with Crippen LogP contribution in [0.1, 0.15) is 214 Å². The summed E-state index contributed by atoms with van der Waals surface area (Å²) >= 11 is 0. The molecule has 1 rings (SSSR count). The molecule has 0 saturated carbocycles. The van der Waals surface area contributed by atoms with Crippen LogP contribution in [0.4, 0.5) is 0 Å². The molecule has 304 valence electrons. The molecule has 0 radical (unpaired) electrons. The minimum absolute atomic E-state index is 0.251. The Bertz CT molecular complexity index is 890. The molecule has 0 amide bonds. The Hall–Kier alpha value is -1.16. The van der Waals surface area contributed by atoms with Crippen molar-refractivity contribution in [3.05, 3.63) is 54.5 Å². The van der Waals surface area contributed by atoms with E-state index in [2.05, 4.69) is 102 Å². The molecular formula is C49H90NO2-. The van der Waals surface area contributed by atoms with E-state index < -0.39 is 5.79 Å². The summed E-state index contributed by atoms with van der Waals surface area (Å²) in [6.07, 6.45) is 55.1. The molecule has 0 aliphatic carbocycles. The highest BCUT2D eigenvalue weighted by molar-refractivity contribution is 4.97. The summed E-state index contributed by atoms with van der Waals surface area (Å²) in [5, 5.41) is 0. The van der Waals surface area contributed by atoms with Crippen LogP contribution in [0.3, 0.4) is 0 Å². The van der Waals surface area contributed by atoms with Crippen LogP contribution < -0.4 is 0 Å². The molecule has 1 saturated heterocycles. The van der Waals surface area contributed by atoms with E-state index in [0.717, 1.165) is 44.6 Å². The minimum Gasteiger partial charge on any atom is -0.344 e. The Kier molecular flexibility index (Phi) is 32.3. The quantitative estimate of drug-likeness (QED) is 0.0365. The lowest BCUT2D eigenvalue weighted by Gasteiger charge is -2.26. The summed E-state index contributed by atoms with van der Waals surface area (Å²) in [6, 6.07) is 0. The Balaban J connectivity index is 2.42. The third-order valence-electron chi connectivity index (χ3n) is 10.9. The van der Waals surface area contributed by atoms with Gasteiger partial charge in [0.2, 0.25) is 0 Å². The third-order valence-corrected chi connectivity index (χ3v) is 10.9. The molecule has 1 aliphatic heterocycles. The SMILES string of the molecule is CCCCC/C=C\C/C=C\CCCCCCCC1OC(C)(CCN(C)C)OC1CCCCCCC(/C=C\C/C=C\CCCCC)CC[C-](C)CCC. The zero-order valence-corrected chi connectivity index (χ0v) is 36.1. The van der Waals surface area contributed by atoms with Gasteiger partial charge < -0.3 is 20.3 Å². The van der Waals surface area contributed by atoms with E-state index in [1.54, 1.807) is 5.92 Å². The van der Waals surface area contributed by atoms with E-state index in [9.17, 15) is 0 Å². The Morgan fingerprint density at radius 3 is 1.62 bits per heavy atom. The molecule has 0 aromatic rings. The van der Waals surface area contributed by atoms with Crippen molar-refractivity contribution >= 4 is 0 Å². The van der Waals surface area contributed by atoms with Gasteiger partial charge in [0, 0.05) is 13.0 Å². The summed E-state index contributed by atoms with van der Waals surface area (Å²) in [5.41, 5.74) is 0. The number of nitrogens with zero attached hydrogens (tertiary/aromatic N) is 1. The molecule has 1 heterocycles. The minimum atomic E-state index is -0.437. The smallest absolute Gasteiger partial charge is 0.167 e. The zero-order valence-electron chi connectivity index (χ0n) is 36.1. The van der Waals surface area contributed by atoms with Crippen molar-refractivity contribution in [2.75, 3.05) is 20.6 Å². The molecule has 52 heavy (non-hydrogen) atoms. The number of hydrogen-bond acceptors (Lipinski definition) is 3. The van der Waals surface area contributed by atoms with Crippen LogP contribution in [0.2, 0.25) is 0 Å². The van der Waals surface area contributed by atoms with Gasteiger partial charge in [-0.3, -0.25) is 0 Å². The Morgan fingerprint density at radius 2 is 1.08 bits per heavy atom. The second-order valence-electron chi connectivity index (χ2n) is 16.6. The molecule has 4 atom stereocenters. The van der Waals surface area contributed by atoms with Crippen molar-refractivity contribution in [1.82, 2.24) is 4.90 Å². The van der Waals surface area contributed by atoms with Crippen LogP contribution in [0.5, 0.6) is 0 Å². The number of allylic oxidation sites excluding steroid dienone is 8. The third kappa shape index (κ3) is 28.3. The van der Waals surface area contributed by atoms with Crippen LogP contribution >= 0.6 is 0 Å². The molecule has 3 heteroatoms. The van der Waals surface area contributed by atoms with Crippen molar-refractivity contribution < 1.29 is 9.47 Å². The lowest BCUT2D eigenvalue weighted by Crippen LogP contribution is -2.31. The maximum Gasteiger partial charge on any atom is 0.167 e. The van der Waals surface area contributed by atoms with Gasteiger partial charge in [0.25, 0.3) is 0 Å². The molecule has 0 aromatic carbocycles. The highest BCUT2D eigenvalue weighted by atomic mass is 16.8. The molecule has 0 spiro atoms. The lowest BCUT2D eigenvalue weighted by atomic mass is 9.90. The first-order valence-corrected chi connectivity index (χ1v) is 22.8. The van der Waals surface area contributed by atoms with Gasteiger partial charge in [0.1, 0.15) is 0 Å². The number of ether oxygens (including phenoxy) is 2. The van der Waals surface area contributed by atoms with Gasteiger partial charge in [-0.2, -0.15) is 19.8 Å². The number of unbranched alkanes of at least 4 members (excludes halogenated alkanes) is 14. The van der Waals surface area contributed by atoms with Gasteiger partial charge in [-0.05, 0) is 97.6 Å². The van der Waals surface area contributed by atoms with Crippen LogP contribution in [0.25, 0.3) is 0 Å². The molecule has 0 aromatic heterocycles. The van der Waals surface area contributed by atoms with E-state index in [4.69, 9.17) is 9.47 Å². The summed E-state index contributed by atoms with van der Waals surface area (Å²) in [4.78, 5) is 2.25. The monoisotopic (exact) mass is 725 g/mol. The maximum absolute atomic E-state index is 6.72. The Labute approximate surface area is 326 Å². The topological polar surface area (TPSA) is 21.7 Å². The summed E-state index contributed by atoms with van der Waals surface area (Å²) in [6.45, 7) is 12.4. The van der Waals surface area contributed by atoms with Gasteiger partial charge in [-0.15, -0.1) is 0 Å². The predicted molar refractivity (Wildman–Crippen MR) is 232 cm³/mol. The van der Waals surface area contributed by atoms with Gasteiger partial charge in [-0.1, -0.05) is 159 Å². The average Bonchev–Trinajstić information content (AvgIpc) is 3.45. The Morgan fingerprint density at radius 1 is 0.577 bits per heavy atom. The molecule has 0 bridgehead atoms. The number of hydrogen-bond donors (Lipinski definition) is 0. The second kappa shape index (κ2) is 34.3. The molecule has 0 N–H and O–H groups in total. The van der Waals surface area contributed by atoms with Crippen molar-refractivity contribution in [3.8, 4) is 0 Å². The summed E-state index contributed by atoms with van der Waals surface area (Å²) in [5.74, 6) is 1.97. The van der Waals surface area contributed by atoms with Crippen molar-refractivity contribution in [3.63, 3.8) is 0 Å². The molecular weight excluding hydrogens is 635 g/mol. The lowest BCUT2D eigenvalue weighted by molar-refractivity contribution is -0.168. The van der Waals surface area contributed by atoms with Gasteiger partial charge in [-0.25, -0.2) is 0 Å².